The summed E-state index contributed by atoms with van der Waals surface area (Å²) in [5, 5.41) is 7.25. The Morgan fingerprint density at radius 3 is 1.53 bits per heavy atom. The third-order valence-electron chi connectivity index (χ3n) is 11.2. The Labute approximate surface area is 331 Å². The molecule has 0 amide bonds. The van der Waals surface area contributed by atoms with E-state index in [1.807, 2.05) is 47.7 Å². The summed E-state index contributed by atoms with van der Waals surface area (Å²) >= 11 is 1.87. The van der Waals surface area contributed by atoms with E-state index in [0.29, 0.717) is 17.6 Å². The third-order valence-corrected chi connectivity index (χ3v) is 12.4. The van der Waals surface area contributed by atoms with Gasteiger partial charge < -0.3 is 4.57 Å². The van der Waals surface area contributed by atoms with E-state index in [0.717, 1.165) is 49.7 Å². The molecule has 0 bridgehead atoms. The van der Waals surface area contributed by atoms with Crippen molar-refractivity contribution in [3.05, 3.63) is 188 Å². The Morgan fingerprint density at radius 1 is 0.351 bits per heavy atom. The van der Waals surface area contributed by atoms with Crippen molar-refractivity contribution in [3.63, 3.8) is 0 Å². The lowest BCUT2D eigenvalue weighted by molar-refractivity contribution is 0.953. The third kappa shape index (κ3) is 4.91. The first-order chi connectivity index (χ1) is 28.3. The highest BCUT2D eigenvalue weighted by Gasteiger charge is 2.23. The van der Waals surface area contributed by atoms with Gasteiger partial charge in [-0.2, -0.15) is 9.97 Å². The minimum Gasteiger partial charge on any atom is -0.307 e. The molecule has 0 unspecified atom stereocenters. The molecule has 4 heterocycles. The Kier molecular flexibility index (Phi) is 7.03. The molecule has 0 aliphatic heterocycles. The largest absolute Gasteiger partial charge is 0.307 e. The summed E-state index contributed by atoms with van der Waals surface area (Å²) in [5.74, 6) is 1.83. The van der Waals surface area contributed by atoms with Crippen molar-refractivity contribution in [2.45, 2.75) is 0 Å². The second-order valence-corrected chi connectivity index (χ2v) is 15.5. The first-order valence-corrected chi connectivity index (χ1v) is 19.9. The predicted octanol–water partition coefficient (Wildman–Crippen LogP) is 13.4. The van der Waals surface area contributed by atoms with Gasteiger partial charge in [-0.05, 0) is 41.5 Å². The molecule has 0 aliphatic rings. The van der Waals surface area contributed by atoms with Crippen LogP contribution in [0.5, 0.6) is 0 Å². The van der Waals surface area contributed by atoms with Gasteiger partial charge in [0.2, 0.25) is 5.95 Å². The molecule has 5 nitrogen and oxygen atoms in total. The van der Waals surface area contributed by atoms with E-state index >= 15 is 0 Å². The topological polar surface area (TPSA) is 48.5 Å². The maximum absolute atomic E-state index is 5.25. The van der Waals surface area contributed by atoms with Crippen LogP contribution in [-0.4, -0.2) is 24.1 Å². The lowest BCUT2D eigenvalue weighted by atomic mass is 10.0. The van der Waals surface area contributed by atoms with E-state index in [-0.39, 0.29) is 0 Å². The zero-order valence-electron chi connectivity index (χ0n) is 30.5. The van der Waals surface area contributed by atoms with E-state index in [1.54, 1.807) is 0 Å². The molecular weight excluding hydrogens is 715 g/mol. The molecule has 4 aromatic heterocycles. The molecule has 0 aliphatic carbocycles. The van der Waals surface area contributed by atoms with Crippen molar-refractivity contribution in [1.82, 2.24) is 24.1 Å². The number of aromatic nitrogens is 5. The molecule has 6 heteroatoms. The quantitative estimate of drug-likeness (QED) is 0.176. The smallest absolute Gasteiger partial charge is 0.238 e. The van der Waals surface area contributed by atoms with Crippen LogP contribution in [0.1, 0.15) is 0 Å². The highest BCUT2D eigenvalue weighted by Crippen LogP contribution is 2.43. The van der Waals surface area contributed by atoms with Gasteiger partial charge in [-0.3, -0.25) is 4.57 Å². The van der Waals surface area contributed by atoms with Crippen LogP contribution in [0.2, 0.25) is 0 Å². The van der Waals surface area contributed by atoms with Crippen LogP contribution in [0.4, 0.5) is 0 Å². The lowest BCUT2D eigenvalue weighted by Gasteiger charge is -2.14. The standard InChI is InChI=1S/C51H31N5S/c1-3-14-33(15-4-1)49-52-50(34-16-5-2-6-17-34)54-51(53-49)56-44-24-11-8-19-38(44)41-31-30-40-37-18-7-10-23-43(37)55(46(40)47(41)56)35-28-26-32(27-29-35)36-21-13-22-42-39-20-9-12-25-45(39)57-48(36)42/h1-31H. The fourth-order valence-electron chi connectivity index (χ4n) is 8.64. The molecule has 0 saturated heterocycles. The number of nitrogens with zero attached hydrogens (tertiary/aromatic N) is 5. The zero-order chi connectivity index (χ0) is 37.5. The van der Waals surface area contributed by atoms with Gasteiger partial charge in [0, 0.05) is 58.5 Å². The number of hydrogen-bond acceptors (Lipinski definition) is 4. The number of rotatable bonds is 5. The van der Waals surface area contributed by atoms with Crippen molar-refractivity contribution < 1.29 is 0 Å². The maximum Gasteiger partial charge on any atom is 0.238 e. The van der Waals surface area contributed by atoms with Gasteiger partial charge in [0.25, 0.3) is 0 Å². The van der Waals surface area contributed by atoms with Crippen LogP contribution in [-0.2, 0) is 0 Å². The number of thiophene rings is 1. The summed E-state index contributed by atoms with van der Waals surface area (Å²) in [6.07, 6.45) is 0. The van der Waals surface area contributed by atoms with Crippen LogP contribution in [0.25, 0.3) is 109 Å². The van der Waals surface area contributed by atoms with Crippen LogP contribution >= 0.6 is 11.3 Å². The SMILES string of the molecule is c1ccc(-c2nc(-c3ccccc3)nc(-n3c4ccccc4c4ccc5c6ccccc6n(-c6ccc(-c7cccc8c7sc7ccccc78)cc6)c5c43)n2)cc1. The fraction of sp³-hybridized carbons (Fsp3) is 0. The number of benzene rings is 8. The van der Waals surface area contributed by atoms with E-state index in [2.05, 4.69) is 161 Å². The Morgan fingerprint density at radius 2 is 0.877 bits per heavy atom. The lowest BCUT2D eigenvalue weighted by Crippen LogP contribution is -2.07. The molecule has 266 valence electrons. The Balaban J connectivity index is 1.14. The summed E-state index contributed by atoms with van der Waals surface area (Å²) in [5.41, 5.74) is 9.74. The molecule has 57 heavy (non-hydrogen) atoms. The average molecular weight is 746 g/mol. The molecule has 0 radical (unpaired) electrons. The zero-order valence-corrected chi connectivity index (χ0v) is 31.4. The van der Waals surface area contributed by atoms with Crippen molar-refractivity contribution in [3.8, 4) is 45.5 Å². The van der Waals surface area contributed by atoms with Crippen LogP contribution < -0.4 is 0 Å². The van der Waals surface area contributed by atoms with Crippen molar-refractivity contribution in [2.75, 3.05) is 0 Å². The highest BCUT2D eigenvalue weighted by atomic mass is 32.1. The number of hydrogen-bond donors (Lipinski definition) is 0. The maximum atomic E-state index is 5.25. The number of para-hydroxylation sites is 2. The predicted molar refractivity (Wildman–Crippen MR) is 238 cm³/mol. The second-order valence-electron chi connectivity index (χ2n) is 14.4. The van der Waals surface area contributed by atoms with Gasteiger partial charge in [-0.1, -0.05) is 158 Å². The molecular formula is C51H31N5S. The summed E-state index contributed by atoms with van der Waals surface area (Å²) in [4.78, 5) is 15.5. The van der Waals surface area contributed by atoms with Gasteiger partial charge in [-0.25, -0.2) is 4.98 Å². The summed E-state index contributed by atoms with van der Waals surface area (Å²) in [7, 11) is 0. The second kappa shape index (κ2) is 12.6. The Bertz CT molecular complexity index is 3450. The van der Waals surface area contributed by atoms with Crippen LogP contribution in [0.3, 0.4) is 0 Å². The summed E-state index contributed by atoms with van der Waals surface area (Å²) in [6.45, 7) is 0. The van der Waals surface area contributed by atoms with Crippen LogP contribution in [0, 0.1) is 0 Å². The molecule has 8 aromatic carbocycles. The van der Waals surface area contributed by atoms with Gasteiger partial charge in [0.15, 0.2) is 11.6 Å². The minimum atomic E-state index is 0.574. The van der Waals surface area contributed by atoms with Crippen molar-refractivity contribution in [1.29, 1.82) is 0 Å². The normalized spacial score (nSPS) is 11.9. The van der Waals surface area contributed by atoms with E-state index < -0.39 is 0 Å². The molecule has 12 aromatic rings. The fourth-order valence-corrected chi connectivity index (χ4v) is 9.88. The van der Waals surface area contributed by atoms with Crippen LogP contribution in [0.15, 0.2) is 188 Å². The van der Waals surface area contributed by atoms with Gasteiger partial charge in [0.05, 0.1) is 22.1 Å². The summed E-state index contributed by atoms with van der Waals surface area (Å²) in [6, 6.07) is 66.7. The molecule has 0 saturated carbocycles. The van der Waals surface area contributed by atoms with Crippen molar-refractivity contribution in [2.24, 2.45) is 0 Å². The summed E-state index contributed by atoms with van der Waals surface area (Å²) < 4.78 is 7.30. The molecule has 0 fully saturated rings. The van der Waals surface area contributed by atoms with E-state index in [4.69, 9.17) is 15.0 Å². The first-order valence-electron chi connectivity index (χ1n) is 19.1. The van der Waals surface area contributed by atoms with Crippen molar-refractivity contribution >= 4 is 75.1 Å². The molecule has 0 spiro atoms. The Hall–Kier alpha value is -7.41. The number of fused-ring (bicyclic) bond motifs is 10. The average Bonchev–Trinajstić information content (AvgIpc) is 3.95. The van der Waals surface area contributed by atoms with Gasteiger partial charge in [0.1, 0.15) is 0 Å². The van der Waals surface area contributed by atoms with Gasteiger partial charge >= 0.3 is 0 Å². The highest BCUT2D eigenvalue weighted by molar-refractivity contribution is 7.26. The van der Waals surface area contributed by atoms with E-state index in [9.17, 15) is 0 Å². The minimum absolute atomic E-state index is 0.574. The molecule has 12 rings (SSSR count). The molecule has 0 N–H and O–H groups in total. The molecule has 0 atom stereocenters. The monoisotopic (exact) mass is 745 g/mol. The first kappa shape index (κ1) is 31.9. The van der Waals surface area contributed by atoms with E-state index in [1.165, 1.54) is 42.1 Å². The van der Waals surface area contributed by atoms with Gasteiger partial charge in [-0.15, -0.1) is 11.3 Å².